The van der Waals surface area contributed by atoms with Crippen LogP contribution in [-0.4, -0.2) is 174 Å². The van der Waals surface area contributed by atoms with Crippen LogP contribution in [0.15, 0.2) is 85.1 Å². The first-order valence-corrected chi connectivity index (χ1v) is 28.5. The van der Waals surface area contributed by atoms with E-state index in [1.807, 2.05) is 0 Å². The fraction of sp³-hybridized carbons (Fsp3) is 0.424. The minimum Gasteiger partial charge on any atom is -0.508 e. The Balaban J connectivity index is 1.55. The molecule has 0 aliphatic rings. The maximum Gasteiger partial charge on any atom is 0.305 e. The van der Waals surface area contributed by atoms with Crippen LogP contribution in [-0.2, 0) is 86.4 Å². The highest BCUT2D eigenvalue weighted by Gasteiger charge is 2.35. The van der Waals surface area contributed by atoms with Crippen molar-refractivity contribution in [2.24, 2.45) is 17.4 Å². The minimum absolute atomic E-state index is 0.0628. The molecule has 0 spiro atoms. The fourth-order valence-corrected chi connectivity index (χ4v) is 9.03. The molecule has 0 saturated carbocycles. The number of carboxylic acids is 4. The van der Waals surface area contributed by atoms with Crippen LogP contribution in [0.25, 0.3) is 10.9 Å². The van der Waals surface area contributed by atoms with Gasteiger partial charge in [0.1, 0.15) is 54.1 Å². The summed E-state index contributed by atoms with van der Waals surface area (Å²) in [6, 6.07) is 6.79. The highest BCUT2D eigenvalue weighted by atomic mass is 16.4. The Morgan fingerprint density at radius 1 is 0.467 bits per heavy atom. The van der Waals surface area contributed by atoms with E-state index >= 15 is 0 Å². The van der Waals surface area contributed by atoms with E-state index in [9.17, 15) is 87.5 Å². The van der Waals surface area contributed by atoms with Crippen molar-refractivity contribution in [3.05, 3.63) is 102 Å². The van der Waals surface area contributed by atoms with E-state index in [1.54, 1.807) is 74.6 Å². The van der Waals surface area contributed by atoms with Gasteiger partial charge < -0.3 is 89.8 Å². The Hall–Kier alpha value is -10.5. The topological polar surface area (TPSA) is 516 Å². The quantitative estimate of drug-likeness (QED) is 0.0227. The van der Waals surface area contributed by atoms with Crippen molar-refractivity contribution in [1.82, 2.24) is 52.8 Å². The van der Waals surface area contributed by atoms with Gasteiger partial charge >= 0.3 is 23.9 Å². The van der Waals surface area contributed by atoms with Crippen LogP contribution in [0.5, 0.6) is 5.75 Å². The molecule has 0 unspecified atom stereocenters. The lowest BCUT2D eigenvalue weighted by atomic mass is 10.00. The molecule has 90 heavy (non-hydrogen) atoms. The van der Waals surface area contributed by atoms with Crippen LogP contribution in [0, 0.1) is 5.92 Å². The zero-order valence-corrected chi connectivity index (χ0v) is 49.4. The molecule has 1 aromatic heterocycles. The number of nitrogens with two attached hydrogens (primary N) is 2. The molecule has 486 valence electrons. The maximum absolute atomic E-state index is 14.5. The first-order chi connectivity index (χ1) is 42.5. The van der Waals surface area contributed by atoms with Crippen LogP contribution >= 0.6 is 0 Å². The lowest BCUT2D eigenvalue weighted by Crippen LogP contribution is -2.59. The summed E-state index contributed by atoms with van der Waals surface area (Å²) in [5, 5.41) is 69.7. The molecule has 19 N–H and O–H groups in total. The minimum atomic E-state index is -1.77. The number of aromatic hydroxyl groups is 1. The number of aliphatic carboxylic acids is 4. The number of aromatic amines is 1. The van der Waals surface area contributed by atoms with Crippen molar-refractivity contribution in [1.29, 1.82) is 0 Å². The van der Waals surface area contributed by atoms with Gasteiger partial charge in [-0.3, -0.25) is 67.1 Å². The fourth-order valence-electron chi connectivity index (χ4n) is 9.03. The van der Waals surface area contributed by atoms with Gasteiger partial charge in [-0.05, 0) is 73.4 Å². The third-order valence-corrected chi connectivity index (χ3v) is 13.8. The lowest BCUT2D eigenvalue weighted by molar-refractivity contribution is -0.141. The van der Waals surface area contributed by atoms with Crippen LogP contribution in [0.3, 0.4) is 0 Å². The van der Waals surface area contributed by atoms with E-state index in [-0.39, 0.29) is 43.8 Å². The summed E-state index contributed by atoms with van der Waals surface area (Å²) in [4.78, 5) is 186. The highest BCUT2D eigenvalue weighted by molar-refractivity contribution is 5.99. The molecule has 0 fully saturated rings. The third-order valence-electron chi connectivity index (χ3n) is 13.8. The number of phenols is 1. The number of carbonyl (C=O) groups is 14. The first-order valence-electron chi connectivity index (χ1n) is 28.5. The molecule has 0 saturated heterocycles. The van der Waals surface area contributed by atoms with E-state index < -0.39 is 182 Å². The Morgan fingerprint density at radius 3 is 1.52 bits per heavy atom. The highest BCUT2D eigenvalue weighted by Crippen LogP contribution is 2.20. The zero-order valence-electron chi connectivity index (χ0n) is 49.4. The van der Waals surface area contributed by atoms with Crippen molar-refractivity contribution in [2.75, 3.05) is 6.54 Å². The molecule has 9 atom stereocenters. The second-order valence-corrected chi connectivity index (χ2v) is 21.6. The van der Waals surface area contributed by atoms with Gasteiger partial charge in [-0.2, -0.15) is 0 Å². The van der Waals surface area contributed by atoms with E-state index in [2.05, 4.69) is 52.8 Å². The summed E-state index contributed by atoms with van der Waals surface area (Å²) in [6.45, 7) is 3.74. The average Bonchev–Trinajstić information content (AvgIpc) is 1.90. The molecule has 1 heterocycles. The molecule has 31 nitrogen and oxygen atoms in total. The lowest BCUT2D eigenvalue weighted by Gasteiger charge is -2.27. The summed E-state index contributed by atoms with van der Waals surface area (Å²) in [5.74, 6) is -16.4. The van der Waals surface area contributed by atoms with Crippen molar-refractivity contribution < 1.29 is 92.7 Å². The normalized spacial score (nSPS) is 14.0. The van der Waals surface area contributed by atoms with Gasteiger partial charge in [0, 0.05) is 55.6 Å². The summed E-state index contributed by atoms with van der Waals surface area (Å²) >= 11 is 0. The van der Waals surface area contributed by atoms with Gasteiger partial charge in [0.2, 0.25) is 59.1 Å². The third kappa shape index (κ3) is 24.7. The predicted molar refractivity (Wildman–Crippen MR) is 318 cm³/mol. The number of fused-ring (bicyclic) bond motifs is 1. The van der Waals surface area contributed by atoms with E-state index in [4.69, 9.17) is 16.6 Å². The Labute approximate surface area is 515 Å². The van der Waals surface area contributed by atoms with Crippen LogP contribution in [0.4, 0.5) is 0 Å². The summed E-state index contributed by atoms with van der Waals surface area (Å²) in [5.41, 5.74) is 13.5. The zero-order chi connectivity index (χ0) is 66.8. The number of carbonyl (C=O) groups excluding carboxylic acids is 10. The monoisotopic (exact) mass is 1260 g/mol. The van der Waals surface area contributed by atoms with Crippen molar-refractivity contribution in [2.45, 2.75) is 146 Å². The van der Waals surface area contributed by atoms with E-state index in [0.717, 1.165) is 6.92 Å². The molecule has 31 heteroatoms. The van der Waals surface area contributed by atoms with Gasteiger partial charge in [0.25, 0.3) is 0 Å². The van der Waals surface area contributed by atoms with Gasteiger partial charge in [0.05, 0.1) is 19.0 Å². The number of para-hydroxylation sites is 1. The number of benzene rings is 3. The molecule has 0 bridgehead atoms. The summed E-state index contributed by atoms with van der Waals surface area (Å²) in [6.07, 6.45) is -3.49. The van der Waals surface area contributed by atoms with Gasteiger partial charge in [-0.1, -0.05) is 74.5 Å². The smallest absolute Gasteiger partial charge is 0.305 e. The number of rotatable bonds is 38. The number of primary amides is 1. The van der Waals surface area contributed by atoms with Crippen LogP contribution in [0.2, 0.25) is 0 Å². The standard InChI is InChI=1S/C59H76N12O19/c1-30(2)23-42(57(88)71-45(27-50(80)81)59(90)68-41(51(61)82)24-32-9-5-4-6-10-32)70-58(89)44(26-34-28-62-38-12-8-7-11-36(34)38)65-46(73)29-63-54(85)43(25-33-13-15-35(72)16-14-33)69-52(83)31(3)64-55(86)39(18-21-48(76)77)67-56(87)40(19-22-49(78)79)66-53(84)37(60)17-20-47(74)75/h4-16,28,30-31,37,39-45,62,72H,17-27,29,60H2,1-3H3,(H2,61,82)(H,63,85)(H,64,86)(H,65,73)(H,66,84)(H,67,87)(H,68,90)(H,69,83)(H,70,89)(H,71,88)(H,74,75)(H,76,77)(H,78,79)(H,80,81)/t31-,37-,39-,40-,41-,42-,43-,44-,45-/m0/s1. The van der Waals surface area contributed by atoms with Crippen molar-refractivity contribution in [3.8, 4) is 5.75 Å². The summed E-state index contributed by atoms with van der Waals surface area (Å²) in [7, 11) is 0. The predicted octanol–water partition coefficient (Wildman–Crippen LogP) is -2.16. The molecule has 10 amide bonds. The average molecular weight is 1260 g/mol. The number of hydrogen-bond donors (Lipinski definition) is 17. The van der Waals surface area contributed by atoms with E-state index in [1.165, 1.54) is 24.3 Å². The first kappa shape index (κ1) is 72.0. The van der Waals surface area contributed by atoms with Gasteiger partial charge in [-0.25, -0.2) is 0 Å². The maximum atomic E-state index is 14.5. The number of carboxylic acid groups (broad SMARTS) is 4. The molecule has 4 rings (SSSR count). The Bertz CT molecular complexity index is 3230. The molecule has 4 aromatic rings. The number of H-pyrrole nitrogens is 1. The number of aromatic nitrogens is 1. The van der Waals surface area contributed by atoms with Crippen LogP contribution in [0.1, 0.15) is 88.8 Å². The van der Waals surface area contributed by atoms with Gasteiger partial charge in [0.15, 0.2) is 0 Å². The molecule has 0 aliphatic heterocycles. The van der Waals surface area contributed by atoms with Gasteiger partial charge in [-0.15, -0.1) is 0 Å². The largest absolute Gasteiger partial charge is 0.508 e. The van der Waals surface area contributed by atoms with E-state index in [0.29, 0.717) is 27.6 Å². The molecule has 3 aromatic carbocycles. The Kier molecular flexibility index (Phi) is 28.3. The molecule has 0 radical (unpaired) electrons. The number of nitrogens with one attached hydrogen (secondary N) is 10. The number of amides is 10. The molecule has 0 aliphatic carbocycles. The Morgan fingerprint density at radius 2 is 0.933 bits per heavy atom. The number of hydrogen-bond acceptors (Lipinski definition) is 16. The molecular formula is C59H76N12O19. The second-order valence-electron chi connectivity index (χ2n) is 21.6. The van der Waals surface area contributed by atoms with Crippen LogP contribution < -0.4 is 59.3 Å². The van der Waals surface area contributed by atoms with Crippen molar-refractivity contribution >= 4 is 93.9 Å². The number of phenolic OH excluding ortho intramolecular Hbond substituents is 1. The van der Waals surface area contributed by atoms with Crippen molar-refractivity contribution in [3.63, 3.8) is 0 Å². The SMILES string of the molecule is CC(C)C[C@H](NC(=O)[C@H](Cc1c[nH]c2ccccc12)NC(=O)CNC(=O)[C@H](Cc1ccc(O)cc1)NC(=O)[C@H](C)NC(=O)[C@H](CCC(=O)O)NC(=O)[C@H](CCC(=O)O)NC(=O)[C@@H](N)CCC(=O)O)C(=O)N[C@@H](CC(=O)O)C(=O)N[C@@H](Cc1ccccc1)C(N)=O. The second kappa shape index (κ2) is 35.4. The summed E-state index contributed by atoms with van der Waals surface area (Å²) < 4.78 is 0. The molecular weight excluding hydrogens is 1180 g/mol.